The molecule has 8 heteroatoms. The number of carbonyl (C=O) groups is 2. The van der Waals surface area contributed by atoms with Crippen LogP contribution in [0.5, 0.6) is 0 Å². The van der Waals surface area contributed by atoms with Crippen molar-refractivity contribution < 1.29 is 9.59 Å². The first-order valence-electron chi connectivity index (χ1n) is 7.28. The molecule has 0 aliphatic heterocycles. The van der Waals surface area contributed by atoms with Gasteiger partial charge < -0.3 is 11.1 Å². The summed E-state index contributed by atoms with van der Waals surface area (Å²) in [4.78, 5) is 39.9. The molecule has 0 saturated carbocycles. The van der Waals surface area contributed by atoms with E-state index in [9.17, 15) is 14.4 Å². The fourth-order valence-corrected chi connectivity index (χ4v) is 2.81. The Morgan fingerprint density at radius 1 is 1.16 bits per heavy atom. The molecule has 25 heavy (non-hydrogen) atoms. The molecule has 0 atom stereocenters. The monoisotopic (exact) mass is 448 g/mol. The second-order valence-corrected chi connectivity index (χ2v) is 6.57. The first kappa shape index (κ1) is 17.1. The van der Waals surface area contributed by atoms with Crippen LogP contribution < -0.4 is 16.6 Å². The number of nitrogens with zero attached hydrogens (tertiary/aromatic N) is 2. The number of rotatable bonds is 4. The van der Waals surface area contributed by atoms with Crippen molar-refractivity contribution in [3.8, 4) is 0 Å². The standard InChI is InChI=1S/C17H13IN4O3/c18-11-3-6-14-13(7-11)17(25)22(9-20-14)8-15(23)21-12-4-1-10(2-5-12)16(19)24/h1-7,9H,8H2,(H2,19,24)(H,21,23). The molecule has 3 N–H and O–H groups in total. The maximum atomic E-state index is 12.5. The van der Waals surface area contributed by atoms with E-state index in [1.165, 1.54) is 23.0 Å². The third-order valence-electron chi connectivity index (χ3n) is 3.55. The van der Waals surface area contributed by atoms with Gasteiger partial charge in [-0.05, 0) is 65.1 Å². The number of fused-ring (bicyclic) bond motifs is 1. The Bertz CT molecular complexity index is 1030. The number of nitrogens with one attached hydrogen (secondary N) is 1. The van der Waals surface area contributed by atoms with Crippen molar-refractivity contribution in [2.24, 2.45) is 5.73 Å². The van der Waals surface area contributed by atoms with Gasteiger partial charge in [0.2, 0.25) is 11.8 Å². The Labute approximate surface area is 156 Å². The van der Waals surface area contributed by atoms with Crippen LogP contribution in [0, 0.1) is 3.57 Å². The smallest absolute Gasteiger partial charge is 0.261 e. The summed E-state index contributed by atoms with van der Waals surface area (Å²) in [6.45, 7) is -0.162. The summed E-state index contributed by atoms with van der Waals surface area (Å²) in [5.41, 5.74) is 6.34. The highest BCUT2D eigenvalue weighted by Gasteiger charge is 2.09. The highest BCUT2D eigenvalue weighted by molar-refractivity contribution is 14.1. The van der Waals surface area contributed by atoms with E-state index >= 15 is 0 Å². The Kier molecular flexibility index (Phi) is 4.79. The van der Waals surface area contributed by atoms with Crippen molar-refractivity contribution in [3.05, 3.63) is 68.3 Å². The second-order valence-electron chi connectivity index (χ2n) is 5.33. The van der Waals surface area contributed by atoms with E-state index in [0.29, 0.717) is 22.2 Å². The first-order valence-corrected chi connectivity index (χ1v) is 8.36. The van der Waals surface area contributed by atoms with Gasteiger partial charge in [0.1, 0.15) is 6.54 Å². The van der Waals surface area contributed by atoms with Gasteiger partial charge in [-0.3, -0.25) is 19.0 Å². The number of carbonyl (C=O) groups excluding carboxylic acids is 2. The van der Waals surface area contributed by atoms with Crippen molar-refractivity contribution in [1.82, 2.24) is 9.55 Å². The molecule has 3 rings (SSSR count). The number of anilines is 1. The van der Waals surface area contributed by atoms with Gasteiger partial charge in [0.05, 0.1) is 17.2 Å². The first-order chi connectivity index (χ1) is 11.9. The second kappa shape index (κ2) is 7.01. The quantitative estimate of drug-likeness (QED) is 0.593. The predicted octanol–water partition coefficient (Wildman–Crippen LogP) is 1.74. The van der Waals surface area contributed by atoms with E-state index in [2.05, 4.69) is 32.9 Å². The molecule has 2 aromatic carbocycles. The van der Waals surface area contributed by atoms with E-state index < -0.39 is 5.91 Å². The maximum Gasteiger partial charge on any atom is 0.261 e. The zero-order valence-electron chi connectivity index (χ0n) is 12.9. The lowest BCUT2D eigenvalue weighted by Crippen LogP contribution is -2.28. The zero-order valence-corrected chi connectivity index (χ0v) is 15.1. The van der Waals surface area contributed by atoms with E-state index in [4.69, 9.17) is 5.73 Å². The summed E-state index contributed by atoms with van der Waals surface area (Å²) in [6, 6.07) is 11.5. The van der Waals surface area contributed by atoms with Crippen LogP contribution in [0.1, 0.15) is 10.4 Å². The van der Waals surface area contributed by atoms with Gasteiger partial charge in [-0.1, -0.05) is 0 Å². The van der Waals surface area contributed by atoms with Crippen LogP contribution in [0.15, 0.2) is 53.6 Å². The molecule has 0 aliphatic carbocycles. The third-order valence-corrected chi connectivity index (χ3v) is 4.22. The van der Waals surface area contributed by atoms with Crippen LogP contribution in [0.3, 0.4) is 0 Å². The van der Waals surface area contributed by atoms with Crippen molar-refractivity contribution in [2.45, 2.75) is 6.54 Å². The number of hydrogen-bond acceptors (Lipinski definition) is 4. The average molecular weight is 448 g/mol. The fraction of sp³-hybridized carbons (Fsp3) is 0.0588. The number of amides is 2. The molecule has 0 fully saturated rings. The summed E-state index contributed by atoms with van der Waals surface area (Å²) >= 11 is 2.12. The highest BCUT2D eigenvalue weighted by Crippen LogP contribution is 2.12. The van der Waals surface area contributed by atoms with Crippen LogP contribution in [0.25, 0.3) is 10.9 Å². The Morgan fingerprint density at radius 2 is 1.88 bits per heavy atom. The number of nitrogens with two attached hydrogens (primary N) is 1. The summed E-state index contributed by atoms with van der Waals surface area (Å²) in [5, 5.41) is 3.13. The average Bonchev–Trinajstić information content (AvgIpc) is 2.58. The summed E-state index contributed by atoms with van der Waals surface area (Å²) in [7, 11) is 0. The number of benzene rings is 2. The fourth-order valence-electron chi connectivity index (χ4n) is 2.32. The van der Waals surface area contributed by atoms with Gasteiger partial charge in [0.25, 0.3) is 5.56 Å². The van der Waals surface area contributed by atoms with Crippen molar-refractivity contribution in [2.75, 3.05) is 5.32 Å². The molecule has 126 valence electrons. The Balaban J connectivity index is 1.79. The number of hydrogen-bond donors (Lipinski definition) is 2. The van der Waals surface area contributed by atoms with Gasteiger partial charge in [0.15, 0.2) is 0 Å². The van der Waals surface area contributed by atoms with E-state index in [0.717, 1.165) is 3.57 Å². The molecule has 0 bridgehead atoms. The summed E-state index contributed by atoms with van der Waals surface area (Å²) in [5.74, 6) is -0.915. The van der Waals surface area contributed by atoms with Gasteiger partial charge in [-0.2, -0.15) is 0 Å². The molecular weight excluding hydrogens is 435 g/mol. The zero-order chi connectivity index (χ0) is 18.0. The van der Waals surface area contributed by atoms with Gasteiger partial charge >= 0.3 is 0 Å². The molecular formula is C17H13IN4O3. The molecule has 1 heterocycles. The summed E-state index contributed by atoms with van der Waals surface area (Å²) < 4.78 is 2.17. The van der Waals surface area contributed by atoms with Crippen molar-refractivity contribution in [1.29, 1.82) is 0 Å². The SMILES string of the molecule is NC(=O)c1ccc(NC(=O)Cn2cnc3ccc(I)cc3c2=O)cc1. The third kappa shape index (κ3) is 3.85. The number of primary amides is 1. The molecule has 0 radical (unpaired) electrons. The molecule has 2 amide bonds. The maximum absolute atomic E-state index is 12.5. The minimum absolute atomic E-state index is 0.162. The van der Waals surface area contributed by atoms with Crippen molar-refractivity contribution >= 4 is 51.0 Å². The molecule has 1 aromatic heterocycles. The van der Waals surface area contributed by atoms with Crippen LogP contribution in [0.4, 0.5) is 5.69 Å². The molecule has 0 saturated heterocycles. The van der Waals surface area contributed by atoms with Gasteiger partial charge in [-0.25, -0.2) is 4.98 Å². The Morgan fingerprint density at radius 3 is 2.56 bits per heavy atom. The minimum atomic E-state index is -0.540. The number of aromatic nitrogens is 2. The molecule has 3 aromatic rings. The lowest BCUT2D eigenvalue weighted by atomic mass is 10.2. The number of halogens is 1. The molecule has 7 nitrogen and oxygen atoms in total. The van der Waals surface area contributed by atoms with Gasteiger partial charge in [0, 0.05) is 14.8 Å². The van der Waals surface area contributed by atoms with Crippen LogP contribution >= 0.6 is 22.6 Å². The van der Waals surface area contributed by atoms with Crippen LogP contribution in [-0.4, -0.2) is 21.4 Å². The van der Waals surface area contributed by atoms with E-state index in [1.54, 1.807) is 24.3 Å². The Hall–Kier alpha value is -2.75. The van der Waals surface area contributed by atoms with Gasteiger partial charge in [-0.15, -0.1) is 0 Å². The molecule has 0 spiro atoms. The lowest BCUT2D eigenvalue weighted by Gasteiger charge is -2.08. The predicted molar refractivity (Wildman–Crippen MR) is 102 cm³/mol. The van der Waals surface area contributed by atoms with Crippen molar-refractivity contribution in [3.63, 3.8) is 0 Å². The van der Waals surface area contributed by atoms with E-state index in [1.807, 2.05) is 6.07 Å². The summed E-state index contributed by atoms with van der Waals surface area (Å²) in [6.07, 6.45) is 1.35. The van der Waals surface area contributed by atoms with Crippen LogP contribution in [-0.2, 0) is 11.3 Å². The largest absolute Gasteiger partial charge is 0.366 e. The molecule has 0 aliphatic rings. The van der Waals surface area contributed by atoms with E-state index in [-0.39, 0.29) is 18.0 Å². The lowest BCUT2D eigenvalue weighted by molar-refractivity contribution is -0.116. The minimum Gasteiger partial charge on any atom is -0.366 e. The highest BCUT2D eigenvalue weighted by atomic mass is 127. The normalized spacial score (nSPS) is 10.6. The molecule has 0 unspecified atom stereocenters. The topological polar surface area (TPSA) is 107 Å². The van der Waals surface area contributed by atoms with Crippen LogP contribution in [0.2, 0.25) is 0 Å².